The first-order valence-electron chi connectivity index (χ1n) is 4.98. The van der Waals surface area contributed by atoms with Gasteiger partial charge in [0.25, 0.3) is 0 Å². The van der Waals surface area contributed by atoms with Crippen LogP contribution in [0.4, 0.5) is 11.5 Å². The number of hydrogen-bond acceptors (Lipinski definition) is 6. The van der Waals surface area contributed by atoms with Crippen LogP contribution in [-0.4, -0.2) is 21.7 Å². The third-order valence-electron chi connectivity index (χ3n) is 2.00. The zero-order valence-electron chi connectivity index (χ0n) is 8.97. The Bertz CT molecular complexity index is 450. The van der Waals surface area contributed by atoms with Crippen LogP contribution in [0.5, 0.6) is 0 Å². The van der Waals surface area contributed by atoms with Gasteiger partial charge in [0.1, 0.15) is 5.82 Å². The van der Waals surface area contributed by atoms with E-state index < -0.39 is 0 Å². The minimum absolute atomic E-state index is 0.625. The van der Waals surface area contributed by atoms with Crippen molar-refractivity contribution in [2.45, 2.75) is 13.3 Å². The van der Waals surface area contributed by atoms with Crippen molar-refractivity contribution < 1.29 is 4.52 Å². The topological polar surface area (TPSA) is 89.9 Å². The summed E-state index contributed by atoms with van der Waals surface area (Å²) in [4.78, 5) is 8.21. The second-order valence-electron chi connectivity index (χ2n) is 3.39. The molecular weight excluding hydrogens is 206 g/mol. The van der Waals surface area contributed by atoms with Crippen molar-refractivity contribution in [2.75, 3.05) is 17.6 Å². The van der Waals surface area contributed by atoms with Gasteiger partial charge in [-0.2, -0.15) is 4.98 Å². The van der Waals surface area contributed by atoms with E-state index in [1.165, 1.54) is 0 Å². The average molecular weight is 219 g/mol. The van der Waals surface area contributed by atoms with Gasteiger partial charge in [0.15, 0.2) is 5.82 Å². The van der Waals surface area contributed by atoms with Crippen LogP contribution in [-0.2, 0) is 6.42 Å². The number of anilines is 2. The molecule has 0 unspecified atom stereocenters. The third kappa shape index (κ3) is 2.69. The Morgan fingerprint density at radius 2 is 2.31 bits per heavy atom. The number of hydrogen-bond donors (Lipinski definition) is 2. The highest BCUT2D eigenvalue weighted by atomic mass is 16.5. The van der Waals surface area contributed by atoms with Crippen molar-refractivity contribution in [1.82, 2.24) is 15.1 Å². The second kappa shape index (κ2) is 4.61. The van der Waals surface area contributed by atoms with E-state index in [2.05, 4.69) is 20.4 Å². The highest BCUT2D eigenvalue weighted by Crippen LogP contribution is 2.06. The molecule has 0 fully saturated rings. The molecule has 0 radical (unpaired) electrons. The molecule has 0 aliphatic rings. The summed E-state index contributed by atoms with van der Waals surface area (Å²) in [5.41, 5.74) is 6.18. The maximum Gasteiger partial charge on any atom is 0.228 e. The van der Waals surface area contributed by atoms with Crippen LogP contribution in [0.25, 0.3) is 0 Å². The van der Waals surface area contributed by atoms with E-state index in [0.29, 0.717) is 30.4 Å². The number of nitrogens with one attached hydrogen (secondary N) is 1. The zero-order valence-corrected chi connectivity index (χ0v) is 8.97. The Hall–Kier alpha value is -2.11. The summed E-state index contributed by atoms with van der Waals surface area (Å²) in [6, 6.07) is 3.63. The number of aromatic nitrogens is 3. The summed E-state index contributed by atoms with van der Waals surface area (Å²) in [7, 11) is 0. The molecular formula is C10H13N5O. The number of nitrogen functional groups attached to an aromatic ring is 1. The summed E-state index contributed by atoms with van der Waals surface area (Å²) < 4.78 is 4.98. The van der Waals surface area contributed by atoms with Gasteiger partial charge in [-0.05, 0) is 19.1 Å². The fourth-order valence-corrected chi connectivity index (χ4v) is 1.25. The highest BCUT2D eigenvalue weighted by Gasteiger charge is 2.01. The van der Waals surface area contributed by atoms with Gasteiger partial charge in [-0.15, -0.1) is 0 Å². The fourth-order valence-electron chi connectivity index (χ4n) is 1.25. The van der Waals surface area contributed by atoms with E-state index in [-0.39, 0.29) is 0 Å². The molecule has 0 amide bonds. The van der Waals surface area contributed by atoms with Crippen LogP contribution < -0.4 is 11.1 Å². The molecule has 2 rings (SSSR count). The van der Waals surface area contributed by atoms with E-state index in [1.807, 2.05) is 6.07 Å². The molecule has 0 atom stereocenters. The fraction of sp³-hybridized carbons (Fsp3) is 0.300. The van der Waals surface area contributed by atoms with Crippen molar-refractivity contribution in [2.24, 2.45) is 0 Å². The molecule has 3 N–H and O–H groups in total. The van der Waals surface area contributed by atoms with Crippen molar-refractivity contribution in [3.05, 3.63) is 30.0 Å². The van der Waals surface area contributed by atoms with Crippen LogP contribution >= 0.6 is 0 Å². The first kappa shape index (κ1) is 10.4. The number of nitrogens with zero attached hydrogens (tertiary/aromatic N) is 3. The van der Waals surface area contributed by atoms with E-state index in [0.717, 1.165) is 5.82 Å². The number of nitrogens with two attached hydrogens (primary N) is 1. The third-order valence-corrected chi connectivity index (χ3v) is 2.00. The minimum Gasteiger partial charge on any atom is -0.397 e. The molecule has 84 valence electrons. The predicted octanol–water partition coefficient (Wildman–Crippen LogP) is 1.01. The first-order valence-corrected chi connectivity index (χ1v) is 4.98. The van der Waals surface area contributed by atoms with Crippen molar-refractivity contribution in [1.29, 1.82) is 0 Å². The summed E-state index contributed by atoms with van der Waals surface area (Å²) in [6.45, 7) is 2.49. The summed E-state index contributed by atoms with van der Waals surface area (Å²) in [5, 5.41) is 6.84. The molecule has 0 aromatic carbocycles. The van der Waals surface area contributed by atoms with Crippen LogP contribution in [0.1, 0.15) is 11.7 Å². The molecule has 2 aromatic heterocycles. The molecule has 2 heterocycles. The van der Waals surface area contributed by atoms with Crippen LogP contribution in [0.2, 0.25) is 0 Å². The first-order chi connectivity index (χ1) is 7.74. The number of pyridine rings is 1. The van der Waals surface area contributed by atoms with Gasteiger partial charge in [-0.3, -0.25) is 0 Å². The zero-order chi connectivity index (χ0) is 11.4. The van der Waals surface area contributed by atoms with Crippen LogP contribution in [0.3, 0.4) is 0 Å². The predicted molar refractivity (Wildman–Crippen MR) is 59.9 cm³/mol. The molecule has 0 aliphatic heterocycles. The summed E-state index contributed by atoms with van der Waals surface area (Å²) >= 11 is 0. The van der Waals surface area contributed by atoms with Crippen LogP contribution in [0.15, 0.2) is 22.9 Å². The SMILES string of the molecule is Cc1noc(CCNc2ccc(N)cn2)n1. The highest BCUT2D eigenvalue weighted by molar-refractivity contribution is 5.43. The van der Waals surface area contributed by atoms with Gasteiger partial charge in [0, 0.05) is 13.0 Å². The molecule has 6 nitrogen and oxygen atoms in total. The largest absolute Gasteiger partial charge is 0.397 e. The molecule has 16 heavy (non-hydrogen) atoms. The lowest BCUT2D eigenvalue weighted by Gasteiger charge is -2.02. The number of rotatable bonds is 4. The monoisotopic (exact) mass is 219 g/mol. The Balaban J connectivity index is 1.82. The van der Waals surface area contributed by atoms with E-state index in [4.69, 9.17) is 10.3 Å². The molecule has 2 aromatic rings. The van der Waals surface area contributed by atoms with E-state index >= 15 is 0 Å². The van der Waals surface area contributed by atoms with Gasteiger partial charge < -0.3 is 15.6 Å². The lowest BCUT2D eigenvalue weighted by molar-refractivity contribution is 0.377. The Morgan fingerprint density at radius 1 is 1.44 bits per heavy atom. The van der Waals surface area contributed by atoms with Crippen molar-refractivity contribution in [3.8, 4) is 0 Å². The van der Waals surface area contributed by atoms with E-state index in [1.54, 1.807) is 19.2 Å². The maximum atomic E-state index is 5.53. The van der Waals surface area contributed by atoms with Gasteiger partial charge >= 0.3 is 0 Å². The van der Waals surface area contributed by atoms with Crippen LogP contribution in [0, 0.1) is 6.92 Å². The molecule has 0 saturated carbocycles. The lowest BCUT2D eigenvalue weighted by atomic mass is 10.4. The lowest BCUT2D eigenvalue weighted by Crippen LogP contribution is -2.06. The maximum absolute atomic E-state index is 5.53. The Morgan fingerprint density at radius 3 is 2.94 bits per heavy atom. The smallest absolute Gasteiger partial charge is 0.228 e. The Kier molecular flexibility index (Phi) is 3.00. The summed E-state index contributed by atoms with van der Waals surface area (Å²) in [5.74, 6) is 2.06. The average Bonchev–Trinajstić information content (AvgIpc) is 2.67. The van der Waals surface area contributed by atoms with Crippen molar-refractivity contribution >= 4 is 11.5 Å². The molecule has 0 saturated heterocycles. The molecule has 0 spiro atoms. The molecule has 0 bridgehead atoms. The quantitative estimate of drug-likeness (QED) is 0.797. The van der Waals surface area contributed by atoms with Gasteiger partial charge in [-0.1, -0.05) is 5.16 Å². The van der Waals surface area contributed by atoms with E-state index in [9.17, 15) is 0 Å². The van der Waals surface area contributed by atoms with Crippen molar-refractivity contribution in [3.63, 3.8) is 0 Å². The van der Waals surface area contributed by atoms with Gasteiger partial charge in [-0.25, -0.2) is 4.98 Å². The van der Waals surface area contributed by atoms with Gasteiger partial charge in [0.2, 0.25) is 5.89 Å². The standard InChI is InChI=1S/C10H13N5O/c1-7-14-10(16-15-7)4-5-12-9-3-2-8(11)6-13-9/h2-3,6H,4-5,11H2,1H3,(H,12,13). The summed E-state index contributed by atoms with van der Waals surface area (Å²) in [6.07, 6.45) is 2.28. The Labute approximate surface area is 92.9 Å². The second-order valence-corrected chi connectivity index (χ2v) is 3.39. The minimum atomic E-state index is 0.625. The molecule has 0 aliphatic carbocycles. The molecule has 6 heteroatoms. The van der Waals surface area contributed by atoms with Gasteiger partial charge in [0.05, 0.1) is 11.9 Å². The number of aryl methyl sites for hydroxylation is 1. The normalized spacial score (nSPS) is 10.3.